The number of fused-ring (bicyclic) bond motifs is 1. The van der Waals surface area contributed by atoms with E-state index in [4.69, 9.17) is 0 Å². The smallest absolute Gasteiger partial charge is 0.351 e. The van der Waals surface area contributed by atoms with Gasteiger partial charge < -0.3 is 10.6 Å². The van der Waals surface area contributed by atoms with Crippen LogP contribution in [0.3, 0.4) is 0 Å². The summed E-state index contributed by atoms with van der Waals surface area (Å²) in [6.45, 7) is 1.37. The molecular formula is C17H21F3N2O. The highest BCUT2D eigenvalue weighted by Gasteiger charge is 2.49. The van der Waals surface area contributed by atoms with Gasteiger partial charge in [-0.15, -0.1) is 0 Å². The van der Waals surface area contributed by atoms with E-state index in [0.717, 1.165) is 38.3 Å². The Bertz CT molecular complexity index is 587. The molecule has 3 rings (SSSR count). The monoisotopic (exact) mass is 326 g/mol. The first-order chi connectivity index (χ1) is 10.9. The minimum absolute atomic E-state index is 0.0804. The topological polar surface area (TPSA) is 41.1 Å². The molecule has 1 saturated carbocycles. The Morgan fingerprint density at radius 3 is 2.87 bits per heavy atom. The van der Waals surface area contributed by atoms with E-state index in [0.29, 0.717) is 12.5 Å². The standard InChI is InChI=1S/C17H21F3N2O/c18-17(19,20)14-7-2-1-5-12(14)9-22-15(23)16-8-4-3-6-13(16)10-21-11-16/h1-2,5,7,13,21H,3-4,6,8-11H2,(H,22,23)/t13-,16+/m0/s1. The van der Waals surface area contributed by atoms with Gasteiger partial charge >= 0.3 is 6.18 Å². The zero-order valence-electron chi connectivity index (χ0n) is 12.9. The van der Waals surface area contributed by atoms with Crippen LogP contribution in [0.25, 0.3) is 0 Å². The summed E-state index contributed by atoms with van der Waals surface area (Å²) in [5.41, 5.74) is -1.00. The molecular weight excluding hydrogens is 305 g/mol. The maximum Gasteiger partial charge on any atom is 0.416 e. The van der Waals surface area contributed by atoms with Crippen LogP contribution in [0.4, 0.5) is 13.2 Å². The Morgan fingerprint density at radius 2 is 2.09 bits per heavy atom. The molecule has 1 aromatic carbocycles. The van der Waals surface area contributed by atoms with Crippen LogP contribution in [-0.2, 0) is 17.5 Å². The zero-order chi connectivity index (χ0) is 16.5. The van der Waals surface area contributed by atoms with Gasteiger partial charge in [-0.3, -0.25) is 4.79 Å². The number of carbonyl (C=O) groups is 1. The fourth-order valence-electron chi connectivity index (χ4n) is 3.99. The maximum absolute atomic E-state index is 13.0. The molecule has 1 aliphatic carbocycles. The summed E-state index contributed by atoms with van der Waals surface area (Å²) in [7, 11) is 0. The number of carbonyl (C=O) groups excluding carboxylic acids is 1. The number of hydrogen-bond acceptors (Lipinski definition) is 2. The van der Waals surface area contributed by atoms with Crippen molar-refractivity contribution in [2.75, 3.05) is 13.1 Å². The zero-order valence-corrected chi connectivity index (χ0v) is 12.9. The lowest BCUT2D eigenvalue weighted by molar-refractivity contribution is -0.139. The van der Waals surface area contributed by atoms with Crippen LogP contribution < -0.4 is 10.6 Å². The van der Waals surface area contributed by atoms with E-state index in [1.165, 1.54) is 12.1 Å². The molecule has 2 aliphatic rings. The van der Waals surface area contributed by atoms with Crippen LogP contribution in [-0.4, -0.2) is 19.0 Å². The first-order valence-corrected chi connectivity index (χ1v) is 8.07. The minimum atomic E-state index is -4.40. The third-order valence-corrected chi connectivity index (χ3v) is 5.25. The third-order valence-electron chi connectivity index (χ3n) is 5.25. The lowest BCUT2D eigenvalue weighted by atomic mass is 9.67. The van der Waals surface area contributed by atoms with Crippen molar-refractivity contribution < 1.29 is 18.0 Å². The molecule has 3 nitrogen and oxygen atoms in total. The predicted molar refractivity (Wildman–Crippen MR) is 80.6 cm³/mol. The minimum Gasteiger partial charge on any atom is -0.351 e. The molecule has 1 amide bonds. The number of rotatable bonds is 3. The Labute approximate surface area is 133 Å². The summed E-state index contributed by atoms with van der Waals surface area (Å²) < 4.78 is 39.1. The van der Waals surface area contributed by atoms with Crippen LogP contribution in [0, 0.1) is 11.3 Å². The summed E-state index contributed by atoms with van der Waals surface area (Å²) >= 11 is 0. The molecule has 126 valence electrons. The fourth-order valence-corrected chi connectivity index (χ4v) is 3.99. The summed E-state index contributed by atoms with van der Waals surface area (Å²) in [4.78, 5) is 12.7. The number of halogens is 3. The van der Waals surface area contributed by atoms with Crippen LogP contribution in [0.15, 0.2) is 24.3 Å². The SMILES string of the molecule is O=C(NCc1ccccc1C(F)(F)F)[C@@]12CCCC[C@H]1CNC2. The Hall–Kier alpha value is -1.56. The van der Waals surface area contributed by atoms with Crippen molar-refractivity contribution in [1.29, 1.82) is 0 Å². The van der Waals surface area contributed by atoms with E-state index < -0.39 is 17.2 Å². The fraction of sp³-hybridized carbons (Fsp3) is 0.588. The van der Waals surface area contributed by atoms with Gasteiger partial charge in [0, 0.05) is 13.1 Å². The van der Waals surface area contributed by atoms with Crippen molar-refractivity contribution in [3.05, 3.63) is 35.4 Å². The normalized spacial score (nSPS) is 27.5. The maximum atomic E-state index is 13.0. The molecule has 0 bridgehead atoms. The molecule has 0 unspecified atom stereocenters. The number of benzene rings is 1. The van der Waals surface area contributed by atoms with Gasteiger partial charge in [0.2, 0.25) is 5.91 Å². The Morgan fingerprint density at radius 1 is 1.30 bits per heavy atom. The third kappa shape index (κ3) is 3.09. The van der Waals surface area contributed by atoms with E-state index in [2.05, 4.69) is 10.6 Å². The number of nitrogens with one attached hydrogen (secondary N) is 2. The molecule has 6 heteroatoms. The van der Waals surface area contributed by atoms with Crippen molar-refractivity contribution in [1.82, 2.24) is 10.6 Å². The van der Waals surface area contributed by atoms with Gasteiger partial charge in [0.25, 0.3) is 0 Å². The quantitative estimate of drug-likeness (QED) is 0.896. The molecule has 2 N–H and O–H groups in total. The number of amides is 1. The van der Waals surface area contributed by atoms with Gasteiger partial charge in [-0.2, -0.15) is 13.2 Å². The molecule has 2 atom stereocenters. The van der Waals surface area contributed by atoms with Crippen LogP contribution in [0.2, 0.25) is 0 Å². The van der Waals surface area contributed by atoms with Gasteiger partial charge in [-0.05, 0) is 36.9 Å². The van der Waals surface area contributed by atoms with Crippen LogP contribution in [0.1, 0.15) is 36.8 Å². The van der Waals surface area contributed by atoms with Crippen LogP contribution >= 0.6 is 0 Å². The van der Waals surface area contributed by atoms with Crippen molar-refractivity contribution in [3.8, 4) is 0 Å². The first kappa shape index (κ1) is 16.3. The Balaban J connectivity index is 1.73. The molecule has 0 spiro atoms. The number of alkyl halides is 3. The largest absolute Gasteiger partial charge is 0.416 e. The van der Waals surface area contributed by atoms with Gasteiger partial charge in [0.15, 0.2) is 0 Å². The van der Waals surface area contributed by atoms with Crippen molar-refractivity contribution in [2.45, 2.75) is 38.4 Å². The number of hydrogen-bond donors (Lipinski definition) is 2. The van der Waals surface area contributed by atoms with E-state index in [9.17, 15) is 18.0 Å². The van der Waals surface area contributed by atoms with E-state index >= 15 is 0 Å². The second kappa shape index (κ2) is 6.15. The van der Waals surface area contributed by atoms with Gasteiger partial charge in [0.05, 0.1) is 11.0 Å². The van der Waals surface area contributed by atoms with Gasteiger partial charge in [-0.25, -0.2) is 0 Å². The highest BCUT2D eigenvalue weighted by atomic mass is 19.4. The lowest BCUT2D eigenvalue weighted by Crippen LogP contribution is -2.47. The predicted octanol–water partition coefficient (Wildman–Crippen LogP) is 3.10. The molecule has 0 radical (unpaired) electrons. The molecule has 1 heterocycles. The summed E-state index contributed by atoms with van der Waals surface area (Å²) in [5, 5.41) is 6.04. The lowest BCUT2D eigenvalue weighted by Gasteiger charge is -2.37. The summed E-state index contributed by atoms with van der Waals surface area (Å²) in [5.74, 6) is 0.193. The molecule has 1 aliphatic heterocycles. The molecule has 0 aromatic heterocycles. The van der Waals surface area contributed by atoms with Crippen molar-refractivity contribution in [2.24, 2.45) is 11.3 Å². The molecule has 2 fully saturated rings. The summed E-state index contributed by atoms with van der Waals surface area (Å²) in [6, 6.07) is 5.41. The second-order valence-corrected chi connectivity index (χ2v) is 6.57. The van der Waals surface area contributed by atoms with Gasteiger partial charge in [0.1, 0.15) is 0 Å². The molecule has 1 aromatic rings. The molecule has 23 heavy (non-hydrogen) atoms. The highest BCUT2D eigenvalue weighted by molar-refractivity contribution is 5.83. The summed E-state index contributed by atoms with van der Waals surface area (Å²) in [6.07, 6.45) is -0.443. The van der Waals surface area contributed by atoms with Crippen LogP contribution in [0.5, 0.6) is 0 Å². The highest BCUT2D eigenvalue weighted by Crippen LogP contribution is 2.44. The van der Waals surface area contributed by atoms with Gasteiger partial charge in [-0.1, -0.05) is 31.0 Å². The average Bonchev–Trinajstić information content (AvgIpc) is 2.97. The van der Waals surface area contributed by atoms with E-state index in [1.54, 1.807) is 6.07 Å². The second-order valence-electron chi connectivity index (χ2n) is 6.57. The van der Waals surface area contributed by atoms with Crippen molar-refractivity contribution >= 4 is 5.91 Å². The first-order valence-electron chi connectivity index (χ1n) is 8.07. The van der Waals surface area contributed by atoms with Crippen molar-refractivity contribution in [3.63, 3.8) is 0 Å². The Kier molecular flexibility index (Phi) is 4.36. The van der Waals surface area contributed by atoms with E-state index in [-0.39, 0.29) is 18.0 Å². The average molecular weight is 326 g/mol. The molecule has 1 saturated heterocycles. The van der Waals surface area contributed by atoms with E-state index in [1.807, 2.05) is 0 Å².